The number of carbonyl (C=O) groups excluding carboxylic acids is 2. The molecule has 0 unspecified atom stereocenters. The lowest BCUT2D eigenvalue weighted by Gasteiger charge is -2.40. The molecule has 2 amide bonds. The lowest BCUT2D eigenvalue weighted by Crippen LogP contribution is -2.47. The van der Waals surface area contributed by atoms with E-state index in [1.165, 1.54) is 11.8 Å². The lowest BCUT2D eigenvalue weighted by atomic mass is 9.74. The molecule has 8 nitrogen and oxygen atoms in total. The maximum Gasteiger partial charge on any atom is 0.259 e. The van der Waals surface area contributed by atoms with Gasteiger partial charge in [-0.3, -0.25) is 9.59 Å². The molecular weight excluding hydrogens is 538 g/mol. The largest absolute Gasteiger partial charge is 0.439 e. The van der Waals surface area contributed by atoms with Crippen LogP contribution in [0.2, 0.25) is 5.02 Å². The molecule has 41 heavy (non-hydrogen) atoms. The smallest absolute Gasteiger partial charge is 0.259 e. The number of amides is 2. The van der Waals surface area contributed by atoms with Crippen molar-refractivity contribution in [1.29, 1.82) is 0 Å². The number of para-hydroxylation sites is 1. The first-order valence-electron chi connectivity index (χ1n) is 13.5. The fourth-order valence-corrected chi connectivity index (χ4v) is 6.09. The Balaban J connectivity index is 1.05. The van der Waals surface area contributed by atoms with Crippen LogP contribution in [0.3, 0.4) is 0 Å². The summed E-state index contributed by atoms with van der Waals surface area (Å²) in [5.74, 6) is 0.952. The maximum atomic E-state index is 13.7. The third-order valence-electron chi connectivity index (χ3n) is 8.15. The molecule has 2 aliphatic rings. The monoisotopic (exact) mass is 563 g/mol. The molecule has 0 radical (unpaired) electrons. The highest BCUT2D eigenvalue weighted by molar-refractivity contribution is 6.30. The second kappa shape index (κ2) is 10.1. The Morgan fingerprint density at radius 2 is 1.68 bits per heavy atom. The van der Waals surface area contributed by atoms with Crippen LogP contribution in [-0.4, -0.2) is 51.3 Å². The average molecular weight is 564 g/mol. The van der Waals surface area contributed by atoms with Crippen molar-refractivity contribution in [3.63, 3.8) is 0 Å². The number of pyridine rings is 2. The Hall–Kier alpha value is -4.69. The summed E-state index contributed by atoms with van der Waals surface area (Å²) in [5, 5.41) is 1.44. The third kappa shape index (κ3) is 4.60. The van der Waals surface area contributed by atoms with Gasteiger partial charge in [0.1, 0.15) is 11.4 Å². The summed E-state index contributed by atoms with van der Waals surface area (Å²) in [4.78, 5) is 42.5. The first kappa shape index (κ1) is 25.3. The highest BCUT2D eigenvalue weighted by Crippen LogP contribution is 2.47. The van der Waals surface area contributed by atoms with Gasteiger partial charge in [-0.2, -0.15) is 0 Å². The predicted octanol–water partition coefficient (Wildman–Crippen LogP) is 6.24. The van der Waals surface area contributed by atoms with Gasteiger partial charge in [-0.15, -0.1) is 0 Å². The Bertz CT molecular complexity index is 1760. The van der Waals surface area contributed by atoms with Gasteiger partial charge in [0, 0.05) is 66.3 Å². The minimum Gasteiger partial charge on any atom is -0.439 e. The second-order valence-electron chi connectivity index (χ2n) is 10.6. The van der Waals surface area contributed by atoms with Gasteiger partial charge >= 0.3 is 0 Å². The van der Waals surface area contributed by atoms with Crippen LogP contribution in [0, 0.1) is 0 Å². The van der Waals surface area contributed by atoms with Crippen LogP contribution < -0.4 is 9.64 Å². The number of nitrogens with one attached hydrogen (secondary N) is 1. The SMILES string of the molecule is O=C(c1ccc(Oc2ccc(Cl)cn2)cc1)N1CCC2(CC1)CN(C(=O)c1cnc3[nH]ccc3c1)c1ccccc12. The standard InChI is InChI=1S/C32H26ClN5O3/c33-24-7-10-28(35-19-24)41-25-8-5-21(6-9-25)30(39)37-15-12-32(13-16-37)20-38(27-4-2-1-3-26(27)32)31(40)23-17-22-11-14-34-29(22)36-18-23/h1-11,14,17-19H,12-13,15-16,20H2,(H,34,36). The number of rotatable bonds is 4. The van der Waals surface area contributed by atoms with E-state index in [1.807, 2.05) is 46.3 Å². The van der Waals surface area contributed by atoms with Crippen molar-refractivity contribution in [3.05, 3.63) is 113 Å². The van der Waals surface area contributed by atoms with Crippen LogP contribution in [0.4, 0.5) is 5.69 Å². The molecule has 7 rings (SSSR count). The van der Waals surface area contributed by atoms with E-state index < -0.39 is 0 Å². The molecule has 0 saturated carbocycles. The molecule has 0 atom stereocenters. The first-order valence-corrected chi connectivity index (χ1v) is 13.9. The number of aromatic nitrogens is 3. The minimum absolute atomic E-state index is 0.0129. The number of likely N-dealkylation sites (tertiary alicyclic amines) is 1. The first-order chi connectivity index (χ1) is 20.0. The highest BCUT2D eigenvalue weighted by atomic mass is 35.5. The van der Waals surface area contributed by atoms with Crippen LogP contribution in [0.5, 0.6) is 11.6 Å². The summed E-state index contributed by atoms with van der Waals surface area (Å²) in [5.41, 5.74) is 3.85. The summed E-state index contributed by atoms with van der Waals surface area (Å²) >= 11 is 5.89. The van der Waals surface area contributed by atoms with Crippen molar-refractivity contribution >= 4 is 40.1 Å². The highest BCUT2D eigenvalue weighted by Gasteiger charge is 2.47. The lowest BCUT2D eigenvalue weighted by molar-refractivity contribution is 0.0671. The molecular formula is C32H26ClN5O3. The zero-order valence-corrected chi connectivity index (χ0v) is 22.8. The van der Waals surface area contributed by atoms with Crippen LogP contribution in [0.25, 0.3) is 11.0 Å². The zero-order chi connectivity index (χ0) is 28.0. The van der Waals surface area contributed by atoms with Crippen molar-refractivity contribution in [2.75, 3.05) is 24.5 Å². The Kier molecular flexibility index (Phi) is 6.20. The number of carbonyl (C=O) groups is 2. The van der Waals surface area contributed by atoms with Gasteiger partial charge in [0.15, 0.2) is 0 Å². The molecule has 2 aromatic carbocycles. The quantitative estimate of drug-likeness (QED) is 0.279. The van der Waals surface area contributed by atoms with Crippen molar-refractivity contribution < 1.29 is 14.3 Å². The minimum atomic E-state index is -0.197. The topological polar surface area (TPSA) is 91.4 Å². The zero-order valence-electron chi connectivity index (χ0n) is 22.1. The molecule has 1 saturated heterocycles. The van der Waals surface area contributed by atoms with Crippen LogP contribution in [-0.2, 0) is 5.41 Å². The normalized spacial score (nSPS) is 15.7. The predicted molar refractivity (Wildman–Crippen MR) is 157 cm³/mol. The number of piperidine rings is 1. The maximum absolute atomic E-state index is 13.7. The number of hydrogen-bond acceptors (Lipinski definition) is 5. The number of anilines is 1. The van der Waals surface area contributed by atoms with E-state index in [-0.39, 0.29) is 17.2 Å². The number of H-pyrrole nitrogens is 1. The molecule has 5 heterocycles. The third-order valence-corrected chi connectivity index (χ3v) is 8.37. The Labute approximate surface area is 241 Å². The molecule has 0 bridgehead atoms. The van der Waals surface area contributed by atoms with E-state index >= 15 is 0 Å². The molecule has 5 aromatic rings. The summed E-state index contributed by atoms with van der Waals surface area (Å²) < 4.78 is 5.76. The van der Waals surface area contributed by atoms with Crippen LogP contribution >= 0.6 is 11.6 Å². The van der Waals surface area contributed by atoms with Crippen LogP contribution in [0.1, 0.15) is 39.1 Å². The Morgan fingerprint density at radius 3 is 2.46 bits per heavy atom. The fourth-order valence-electron chi connectivity index (χ4n) is 5.98. The molecule has 2 aliphatic heterocycles. The number of halogens is 1. The number of ether oxygens (including phenoxy) is 1. The Morgan fingerprint density at radius 1 is 0.878 bits per heavy atom. The molecule has 1 fully saturated rings. The van der Waals surface area contributed by atoms with Gasteiger partial charge in [-0.25, -0.2) is 9.97 Å². The number of fused-ring (bicyclic) bond motifs is 3. The van der Waals surface area contributed by atoms with E-state index in [0.717, 1.165) is 29.6 Å². The van der Waals surface area contributed by atoms with Crippen molar-refractivity contribution in [2.24, 2.45) is 0 Å². The molecule has 0 aliphatic carbocycles. The van der Waals surface area contributed by atoms with Gasteiger partial charge in [0.2, 0.25) is 5.88 Å². The number of nitrogens with zero attached hydrogens (tertiary/aromatic N) is 4. The summed E-state index contributed by atoms with van der Waals surface area (Å²) in [6.45, 7) is 1.81. The van der Waals surface area contributed by atoms with Gasteiger partial charge in [0.05, 0.1) is 10.6 Å². The number of benzene rings is 2. The van der Waals surface area contributed by atoms with E-state index in [1.54, 1.807) is 42.6 Å². The number of hydrogen-bond donors (Lipinski definition) is 1. The van der Waals surface area contributed by atoms with Crippen molar-refractivity contribution in [3.8, 4) is 11.6 Å². The molecule has 1 spiro atoms. The van der Waals surface area contributed by atoms with Crippen molar-refractivity contribution in [1.82, 2.24) is 19.9 Å². The van der Waals surface area contributed by atoms with E-state index in [9.17, 15) is 9.59 Å². The van der Waals surface area contributed by atoms with E-state index in [2.05, 4.69) is 21.0 Å². The summed E-state index contributed by atoms with van der Waals surface area (Å²) in [7, 11) is 0. The fraction of sp³-hybridized carbons (Fsp3) is 0.188. The second-order valence-corrected chi connectivity index (χ2v) is 11.0. The average Bonchev–Trinajstić information content (AvgIpc) is 3.61. The molecule has 3 aromatic heterocycles. The molecule has 204 valence electrons. The van der Waals surface area contributed by atoms with Gasteiger partial charge in [0.25, 0.3) is 11.8 Å². The van der Waals surface area contributed by atoms with Crippen molar-refractivity contribution in [2.45, 2.75) is 18.3 Å². The van der Waals surface area contributed by atoms with Gasteiger partial charge < -0.3 is 19.5 Å². The molecule has 1 N–H and O–H groups in total. The summed E-state index contributed by atoms with van der Waals surface area (Å²) in [6.07, 6.45) is 6.53. The number of aromatic amines is 1. The van der Waals surface area contributed by atoms with Gasteiger partial charge in [-0.1, -0.05) is 29.8 Å². The summed E-state index contributed by atoms with van der Waals surface area (Å²) in [6, 6.07) is 22.5. The molecule has 9 heteroatoms. The van der Waals surface area contributed by atoms with E-state index in [4.69, 9.17) is 16.3 Å². The van der Waals surface area contributed by atoms with Gasteiger partial charge in [-0.05, 0) is 66.9 Å². The van der Waals surface area contributed by atoms with E-state index in [0.29, 0.717) is 47.4 Å². The van der Waals surface area contributed by atoms with Crippen LogP contribution in [0.15, 0.2) is 91.4 Å².